The summed E-state index contributed by atoms with van der Waals surface area (Å²) in [7, 11) is 0. The van der Waals surface area contributed by atoms with Crippen LogP contribution in [0.4, 0.5) is 0 Å². The fraction of sp³-hybridized carbons (Fsp3) is 0.381. The molecule has 5 nitrogen and oxygen atoms in total. The van der Waals surface area contributed by atoms with E-state index in [1.54, 1.807) is 0 Å². The van der Waals surface area contributed by atoms with Crippen LogP contribution in [0, 0.1) is 0 Å². The highest BCUT2D eigenvalue weighted by Gasteiger charge is 2.26. The molecule has 2 aromatic rings. The first-order valence-corrected chi connectivity index (χ1v) is 9.55. The molecule has 0 amide bonds. The lowest BCUT2D eigenvalue weighted by Crippen LogP contribution is -2.48. The predicted molar refractivity (Wildman–Crippen MR) is 106 cm³/mol. The highest BCUT2D eigenvalue weighted by Crippen LogP contribution is 2.30. The van der Waals surface area contributed by atoms with Gasteiger partial charge >= 0.3 is 5.97 Å². The maximum Gasteiger partial charge on any atom is 0.329 e. The van der Waals surface area contributed by atoms with Gasteiger partial charge in [0.25, 0.3) is 1.43 Å². The van der Waals surface area contributed by atoms with Crippen molar-refractivity contribution in [2.75, 3.05) is 45.9 Å². The fourth-order valence-corrected chi connectivity index (χ4v) is 3.61. The van der Waals surface area contributed by atoms with E-state index in [4.69, 9.17) is 17.8 Å². The van der Waals surface area contributed by atoms with Crippen LogP contribution in [-0.4, -0.2) is 66.8 Å². The van der Waals surface area contributed by atoms with Gasteiger partial charge in [-0.25, -0.2) is 4.79 Å². The third kappa shape index (κ3) is 5.78. The molecule has 0 aliphatic carbocycles. The molecule has 1 heterocycles. The van der Waals surface area contributed by atoms with E-state index in [-0.39, 0.29) is 12.6 Å². The minimum Gasteiger partial charge on any atom is -0.480 e. The van der Waals surface area contributed by atoms with Crippen molar-refractivity contribution in [3.63, 3.8) is 0 Å². The van der Waals surface area contributed by atoms with E-state index in [9.17, 15) is 4.79 Å². The van der Waals surface area contributed by atoms with Gasteiger partial charge in [0.1, 0.15) is 6.61 Å². The number of hydrogen-bond acceptors (Lipinski definition) is 5. The molecule has 1 unspecified atom stereocenters. The second-order valence-electron chi connectivity index (χ2n) is 6.67. The van der Waals surface area contributed by atoms with Gasteiger partial charge in [0, 0.05) is 37.7 Å². The topological polar surface area (TPSA) is 53.0 Å². The van der Waals surface area contributed by atoms with Crippen LogP contribution in [0.25, 0.3) is 1.43 Å². The Kier molecular flexibility index (Phi) is 6.73. The van der Waals surface area contributed by atoms with Crippen LogP contribution in [0.5, 0.6) is 0 Å². The summed E-state index contributed by atoms with van der Waals surface area (Å²) < 4.78 is 11.8. The van der Waals surface area contributed by atoms with Crippen LogP contribution in [0.1, 0.15) is 17.2 Å². The number of nitrogens with zero attached hydrogens (tertiary/aromatic N) is 2. The van der Waals surface area contributed by atoms with Crippen LogP contribution in [0.2, 0.25) is 5.02 Å². The monoisotopic (exact) mass is 389 g/mol. The average molecular weight is 390 g/mol. The third-order valence-electron chi connectivity index (χ3n) is 4.84. The number of carboxylic acids is 1. The smallest absolute Gasteiger partial charge is 0.329 e. The van der Waals surface area contributed by atoms with E-state index in [0.717, 1.165) is 37.7 Å². The molecule has 3 rings (SSSR count). The van der Waals surface area contributed by atoms with Gasteiger partial charge in [-0.1, -0.05) is 54.1 Å². The molecule has 1 atom stereocenters. The molecular formula is C21H25ClN2O3. The molecule has 1 fully saturated rings. The standard InChI is InChI=1S/C21H25ClN2O3/c22-19-8-6-18(7-9-19)21(17-4-2-1-3-5-17)24-12-10-23(11-13-24)14-15-27-16-20(25)26/h1-9,21H,10-16H2,(H,25,26)/i/hD. The number of carbonyl (C=O) groups is 1. The summed E-state index contributed by atoms with van der Waals surface area (Å²) in [6, 6.07) is 18.8. The van der Waals surface area contributed by atoms with E-state index in [0.29, 0.717) is 6.61 Å². The number of carboxylic acid groups (broad SMARTS) is 1. The fourth-order valence-electron chi connectivity index (χ4n) is 3.49. The minimum absolute atomic E-state index is 0.171. The van der Waals surface area contributed by atoms with Gasteiger partial charge in [0.15, 0.2) is 0 Å². The number of ether oxygens (including phenoxy) is 1. The van der Waals surface area contributed by atoms with Gasteiger partial charge in [-0.3, -0.25) is 9.80 Å². The Hall–Kier alpha value is -1.92. The Morgan fingerprint density at radius 3 is 2.41 bits per heavy atom. The summed E-state index contributed by atoms with van der Waals surface area (Å²) in [4.78, 5) is 15.7. The van der Waals surface area contributed by atoms with Crippen LogP contribution < -0.4 is 0 Å². The van der Waals surface area contributed by atoms with Gasteiger partial charge in [-0.2, -0.15) is 0 Å². The van der Waals surface area contributed by atoms with Gasteiger partial charge < -0.3 is 9.85 Å². The lowest BCUT2D eigenvalue weighted by atomic mass is 9.96. The van der Waals surface area contributed by atoms with Crippen molar-refractivity contribution in [3.05, 3.63) is 70.7 Å². The lowest BCUT2D eigenvalue weighted by Gasteiger charge is -2.39. The van der Waals surface area contributed by atoms with Crippen molar-refractivity contribution < 1.29 is 14.6 Å². The first-order valence-electron chi connectivity index (χ1n) is 9.59. The summed E-state index contributed by atoms with van der Waals surface area (Å²) >= 11 is 6.09. The largest absolute Gasteiger partial charge is 0.480 e. The second-order valence-corrected chi connectivity index (χ2v) is 7.10. The van der Waals surface area contributed by atoms with Crippen LogP contribution in [0.15, 0.2) is 54.6 Å². The molecule has 0 spiro atoms. The summed E-state index contributed by atoms with van der Waals surface area (Å²) in [6.45, 7) is 4.79. The molecule has 0 bridgehead atoms. The van der Waals surface area contributed by atoms with Crippen LogP contribution in [-0.2, 0) is 9.53 Å². The van der Waals surface area contributed by atoms with Gasteiger partial charge in [-0.05, 0) is 23.3 Å². The predicted octanol–water partition coefficient (Wildman–Crippen LogP) is 3.15. The number of aliphatic carboxylic acids is 1. The SMILES string of the molecule is [2H]OC(=O)COCCN1CCN(C(c2ccccc2)c2ccc(Cl)cc2)CC1. The first-order chi connectivity index (χ1) is 13.7. The van der Waals surface area contributed by atoms with Gasteiger partial charge in [-0.15, -0.1) is 0 Å². The van der Waals surface area contributed by atoms with Crippen LogP contribution >= 0.6 is 11.6 Å². The molecule has 1 aliphatic heterocycles. The van der Waals surface area contributed by atoms with Crippen molar-refractivity contribution in [3.8, 4) is 0 Å². The Balaban J connectivity index is 1.59. The van der Waals surface area contributed by atoms with Crippen molar-refractivity contribution >= 4 is 17.6 Å². The molecule has 6 heteroatoms. The molecular weight excluding hydrogens is 364 g/mol. The van der Waals surface area contributed by atoms with Crippen molar-refractivity contribution in [2.24, 2.45) is 0 Å². The molecule has 27 heavy (non-hydrogen) atoms. The average Bonchev–Trinajstić information content (AvgIpc) is 2.74. The summed E-state index contributed by atoms with van der Waals surface area (Å²) in [5.41, 5.74) is 2.51. The van der Waals surface area contributed by atoms with E-state index >= 15 is 0 Å². The van der Waals surface area contributed by atoms with E-state index in [2.05, 4.69) is 51.3 Å². The molecule has 0 aromatic heterocycles. The molecule has 1 aliphatic rings. The number of rotatable bonds is 8. The zero-order chi connectivity index (χ0) is 19.8. The minimum atomic E-state index is -0.668. The Morgan fingerprint density at radius 1 is 1.07 bits per heavy atom. The van der Waals surface area contributed by atoms with Gasteiger partial charge in [0.05, 0.1) is 12.6 Å². The quantitative estimate of drug-likeness (QED) is 0.703. The van der Waals surface area contributed by atoms with E-state index < -0.39 is 5.97 Å². The molecule has 1 saturated heterocycles. The first kappa shape index (κ1) is 18.4. The third-order valence-corrected chi connectivity index (χ3v) is 5.10. The van der Waals surface area contributed by atoms with Gasteiger partial charge in [0.2, 0.25) is 0 Å². The highest BCUT2D eigenvalue weighted by molar-refractivity contribution is 6.30. The number of benzene rings is 2. The van der Waals surface area contributed by atoms with E-state index in [1.165, 1.54) is 11.1 Å². The summed E-state index contributed by atoms with van der Waals surface area (Å²) in [5.74, 6) is -0.668. The summed E-state index contributed by atoms with van der Waals surface area (Å²) in [5, 5.41) is 4.58. The number of halogens is 1. The maximum atomic E-state index is 10.9. The lowest BCUT2D eigenvalue weighted by molar-refractivity contribution is -0.142. The van der Waals surface area contributed by atoms with Crippen molar-refractivity contribution in [1.82, 2.24) is 9.80 Å². The van der Waals surface area contributed by atoms with Crippen LogP contribution in [0.3, 0.4) is 0 Å². The molecule has 2 aromatic carbocycles. The van der Waals surface area contributed by atoms with E-state index in [1.807, 2.05) is 18.2 Å². The summed E-state index contributed by atoms with van der Waals surface area (Å²) in [6.07, 6.45) is 0. The number of hydrogen-bond donors (Lipinski definition) is 1. The number of piperazine rings is 1. The molecule has 0 radical (unpaired) electrons. The molecule has 144 valence electrons. The Morgan fingerprint density at radius 2 is 1.74 bits per heavy atom. The van der Waals surface area contributed by atoms with Crippen molar-refractivity contribution in [2.45, 2.75) is 6.04 Å². The maximum absolute atomic E-state index is 10.9. The van der Waals surface area contributed by atoms with Crippen molar-refractivity contribution in [1.29, 1.82) is 1.43 Å². The molecule has 1 N–H and O–H groups in total. The normalized spacial score (nSPS) is 17.3. The Labute approximate surface area is 166 Å². The highest BCUT2D eigenvalue weighted by atomic mass is 35.5. The molecule has 0 saturated carbocycles. The Bertz CT molecular complexity index is 737. The zero-order valence-corrected chi connectivity index (χ0v) is 16.0. The second kappa shape index (κ2) is 9.85. The zero-order valence-electron chi connectivity index (χ0n) is 16.2.